The van der Waals surface area contributed by atoms with Crippen molar-refractivity contribution < 1.29 is 14.3 Å². The number of nitrogens with one attached hydrogen (secondary N) is 1. The van der Waals surface area contributed by atoms with Gasteiger partial charge in [0.15, 0.2) is 6.61 Å². The van der Waals surface area contributed by atoms with Crippen LogP contribution in [0.25, 0.3) is 5.69 Å². The van der Waals surface area contributed by atoms with Gasteiger partial charge in [-0.15, -0.1) is 16.4 Å². The first-order valence-electron chi connectivity index (χ1n) is 6.93. The summed E-state index contributed by atoms with van der Waals surface area (Å²) in [4.78, 5) is 24.2. The lowest BCUT2D eigenvalue weighted by Gasteiger charge is -2.14. The van der Waals surface area contributed by atoms with Crippen LogP contribution in [0, 0.1) is 0 Å². The zero-order valence-electron chi connectivity index (χ0n) is 12.4. The molecular weight excluding hydrogens is 306 g/mol. The van der Waals surface area contributed by atoms with Crippen LogP contribution in [0.5, 0.6) is 0 Å². The summed E-state index contributed by atoms with van der Waals surface area (Å²) in [6.07, 6.45) is 3.06. The van der Waals surface area contributed by atoms with E-state index in [2.05, 4.69) is 20.8 Å². The van der Waals surface area contributed by atoms with Crippen molar-refractivity contribution in [1.29, 1.82) is 0 Å². The quantitative estimate of drug-likeness (QED) is 0.768. The van der Waals surface area contributed by atoms with Crippen LogP contribution in [-0.4, -0.2) is 44.7 Å². The first-order chi connectivity index (χ1) is 10.7. The Labute approximate surface area is 131 Å². The maximum absolute atomic E-state index is 12.1. The van der Waals surface area contributed by atoms with Crippen molar-refractivity contribution in [3.63, 3.8) is 0 Å². The molecule has 1 N–H and O–H groups in total. The van der Waals surface area contributed by atoms with Gasteiger partial charge >= 0.3 is 5.97 Å². The Kier molecular flexibility index (Phi) is 5.59. The fourth-order valence-electron chi connectivity index (χ4n) is 1.87. The van der Waals surface area contributed by atoms with Crippen LogP contribution in [0.15, 0.2) is 17.8 Å². The molecule has 2 heterocycles. The highest BCUT2D eigenvalue weighted by Gasteiger charge is 2.18. The molecule has 9 heteroatoms. The van der Waals surface area contributed by atoms with E-state index in [4.69, 9.17) is 4.74 Å². The van der Waals surface area contributed by atoms with Crippen LogP contribution in [0.2, 0.25) is 0 Å². The molecule has 0 aliphatic heterocycles. The molecule has 0 saturated heterocycles. The number of aromatic nitrogens is 4. The predicted octanol–water partition coefficient (Wildman–Crippen LogP) is 1.19. The summed E-state index contributed by atoms with van der Waals surface area (Å²) in [5, 5.41) is 15.3. The molecule has 8 nitrogen and oxygen atoms in total. The first-order valence-corrected chi connectivity index (χ1v) is 7.81. The normalized spacial score (nSPS) is 10.7. The Morgan fingerprint density at radius 3 is 2.82 bits per heavy atom. The van der Waals surface area contributed by atoms with Crippen LogP contribution >= 0.6 is 11.3 Å². The number of nitrogens with zero attached hydrogens (tertiary/aromatic N) is 4. The molecule has 1 amide bonds. The molecule has 0 saturated carbocycles. The zero-order valence-corrected chi connectivity index (χ0v) is 13.2. The van der Waals surface area contributed by atoms with E-state index in [9.17, 15) is 9.59 Å². The number of rotatable bonds is 7. The van der Waals surface area contributed by atoms with Crippen molar-refractivity contribution in [2.45, 2.75) is 32.7 Å². The predicted molar refractivity (Wildman–Crippen MR) is 79.8 cm³/mol. The molecule has 0 unspecified atom stereocenters. The Balaban J connectivity index is 1.94. The average molecular weight is 323 g/mol. The highest BCUT2D eigenvalue weighted by atomic mass is 32.1. The molecular formula is C13H17N5O3S. The number of tetrazole rings is 1. The van der Waals surface area contributed by atoms with Gasteiger partial charge in [0.25, 0.3) is 5.91 Å². The zero-order chi connectivity index (χ0) is 15.9. The lowest BCUT2D eigenvalue weighted by molar-refractivity contribution is -0.125. The molecule has 118 valence electrons. The minimum absolute atomic E-state index is 0.102. The molecule has 0 aromatic carbocycles. The van der Waals surface area contributed by atoms with Crippen molar-refractivity contribution in [2.24, 2.45) is 0 Å². The number of hydrogen-bond acceptors (Lipinski definition) is 7. The fourth-order valence-corrected chi connectivity index (χ4v) is 2.64. The van der Waals surface area contributed by atoms with Gasteiger partial charge in [-0.25, -0.2) is 4.79 Å². The largest absolute Gasteiger partial charge is 0.451 e. The fraction of sp³-hybridized carbons (Fsp3) is 0.462. The van der Waals surface area contributed by atoms with Crippen molar-refractivity contribution in [1.82, 2.24) is 25.5 Å². The monoisotopic (exact) mass is 323 g/mol. The highest BCUT2D eigenvalue weighted by Crippen LogP contribution is 2.20. The number of amides is 1. The molecule has 2 rings (SSSR count). The number of thiophene rings is 1. The molecule has 0 bridgehead atoms. The molecule has 2 aromatic heterocycles. The molecule has 0 spiro atoms. The number of carbonyl (C=O) groups is 2. The van der Waals surface area contributed by atoms with Crippen LogP contribution in [0.4, 0.5) is 0 Å². The van der Waals surface area contributed by atoms with E-state index < -0.39 is 5.97 Å². The van der Waals surface area contributed by atoms with Gasteiger partial charge in [-0.1, -0.05) is 13.8 Å². The average Bonchev–Trinajstić information content (AvgIpc) is 3.20. The number of carbonyl (C=O) groups excluding carboxylic acids is 2. The summed E-state index contributed by atoms with van der Waals surface area (Å²) < 4.78 is 6.43. The van der Waals surface area contributed by atoms with Gasteiger partial charge in [0.05, 0.1) is 5.69 Å². The van der Waals surface area contributed by atoms with Gasteiger partial charge < -0.3 is 10.1 Å². The van der Waals surface area contributed by atoms with E-state index in [1.807, 2.05) is 13.8 Å². The van der Waals surface area contributed by atoms with Gasteiger partial charge in [0, 0.05) is 6.04 Å². The summed E-state index contributed by atoms with van der Waals surface area (Å²) in [5.41, 5.74) is 0.528. The van der Waals surface area contributed by atoms with Crippen molar-refractivity contribution in [3.8, 4) is 5.69 Å². The maximum Gasteiger partial charge on any atom is 0.351 e. The van der Waals surface area contributed by atoms with E-state index in [-0.39, 0.29) is 18.6 Å². The Bertz CT molecular complexity index is 621. The standard InChI is InChI=1S/C13H17N5O3S/c1-3-9(4-2)15-11(19)7-21-13(20)12-10(5-6-22-12)18-8-14-16-17-18/h5-6,8-9H,3-4,7H2,1-2H3,(H,15,19). The third-order valence-electron chi connectivity index (χ3n) is 3.11. The molecule has 0 atom stereocenters. The molecule has 22 heavy (non-hydrogen) atoms. The van der Waals surface area contributed by atoms with Gasteiger partial charge in [0.2, 0.25) is 0 Å². The van der Waals surface area contributed by atoms with Gasteiger partial charge in [-0.05, 0) is 34.7 Å². The minimum Gasteiger partial charge on any atom is -0.451 e. The van der Waals surface area contributed by atoms with E-state index >= 15 is 0 Å². The number of hydrogen-bond donors (Lipinski definition) is 1. The summed E-state index contributed by atoms with van der Waals surface area (Å²) in [7, 11) is 0. The molecule has 0 radical (unpaired) electrons. The Morgan fingerprint density at radius 1 is 1.41 bits per heavy atom. The lowest BCUT2D eigenvalue weighted by atomic mass is 10.2. The molecule has 0 fully saturated rings. The second kappa shape index (κ2) is 7.64. The second-order valence-electron chi connectivity index (χ2n) is 4.55. The van der Waals surface area contributed by atoms with E-state index in [1.165, 1.54) is 22.3 Å². The van der Waals surface area contributed by atoms with Crippen LogP contribution in [-0.2, 0) is 9.53 Å². The van der Waals surface area contributed by atoms with Crippen molar-refractivity contribution in [3.05, 3.63) is 22.7 Å². The molecule has 0 aliphatic rings. The smallest absolute Gasteiger partial charge is 0.351 e. The van der Waals surface area contributed by atoms with Gasteiger partial charge in [0.1, 0.15) is 11.2 Å². The summed E-state index contributed by atoms with van der Waals surface area (Å²) >= 11 is 1.21. The second-order valence-corrected chi connectivity index (χ2v) is 5.46. The Hall–Kier alpha value is -2.29. The van der Waals surface area contributed by atoms with Gasteiger partial charge in [-0.3, -0.25) is 4.79 Å². The van der Waals surface area contributed by atoms with E-state index in [0.717, 1.165) is 12.8 Å². The van der Waals surface area contributed by atoms with E-state index in [1.54, 1.807) is 11.4 Å². The minimum atomic E-state index is -0.569. The third kappa shape index (κ3) is 3.88. The first kappa shape index (κ1) is 16.1. The molecule has 0 aliphatic carbocycles. The summed E-state index contributed by atoms with van der Waals surface area (Å²) in [5.74, 6) is -0.872. The van der Waals surface area contributed by atoms with Crippen molar-refractivity contribution >= 4 is 23.2 Å². The SMILES string of the molecule is CCC(CC)NC(=O)COC(=O)c1sccc1-n1cnnn1. The van der Waals surface area contributed by atoms with Crippen LogP contribution < -0.4 is 5.32 Å². The number of ether oxygens (including phenoxy) is 1. The van der Waals surface area contributed by atoms with Crippen molar-refractivity contribution in [2.75, 3.05) is 6.61 Å². The maximum atomic E-state index is 12.1. The molecule has 2 aromatic rings. The third-order valence-corrected chi connectivity index (χ3v) is 3.99. The van der Waals surface area contributed by atoms with Crippen LogP contribution in [0.1, 0.15) is 36.4 Å². The summed E-state index contributed by atoms with van der Waals surface area (Å²) in [6.45, 7) is 3.68. The van der Waals surface area contributed by atoms with Gasteiger partial charge in [-0.2, -0.15) is 4.68 Å². The highest BCUT2D eigenvalue weighted by molar-refractivity contribution is 7.12. The Morgan fingerprint density at radius 2 is 2.18 bits per heavy atom. The number of esters is 1. The van der Waals surface area contributed by atoms with E-state index in [0.29, 0.717) is 10.6 Å². The lowest BCUT2D eigenvalue weighted by Crippen LogP contribution is -2.36. The van der Waals surface area contributed by atoms with Crippen LogP contribution in [0.3, 0.4) is 0 Å². The summed E-state index contributed by atoms with van der Waals surface area (Å²) in [6, 6.07) is 1.81. The topological polar surface area (TPSA) is 99.0 Å².